The number of nitrogens with zero attached hydrogens (tertiary/aromatic N) is 5. The minimum Gasteiger partial charge on any atom is -0.342 e. The summed E-state index contributed by atoms with van der Waals surface area (Å²) in [6.07, 6.45) is 7.57. The van der Waals surface area contributed by atoms with E-state index in [0.717, 1.165) is 56.2 Å². The molecule has 2 aliphatic rings. The number of aromatic nitrogens is 4. The number of aryl methyl sites for hydroxylation is 1. The third-order valence-electron chi connectivity index (χ3n) is 6.72. The van der Waals surface area contributed by atoms with Gasteiger partial charge in [-0.15, -0.1) is 0 Å². The average molecular weight is 446 g/mol. The maximum absolute atomic E-state index is 13.0. The van der Waals surface area contributed by atoms with E-state index in [1.807, 2.05) is 4.90 Å². The van der Waals surface area contributed by atoms with Crippen LogP contribution < -0.4 is 11.2 Å². The molecular formula is C22H31N5O3S. The lowest BCUT2D eigenvalue weighted by Crippen LogP contribution is -2.39. The molecule has 9 heteroatoms. The number of rotatable bonds is 4. The molecule has 1 saturated heterocycles. The Morgan fingerprint density at radius 3 is 2.35 bits per heavy atom. The average Bonchev–Trinajstić information content (AvgIpc) is 2.80. The van der Waals surface area contributed by atoms with E-state index in [1.165, 1.54) is 29.8 Å². The first-order valence-corrected chi connectivity index (χ1v) is 12.2. The molecule has 2 fully saturated rings. The number of likely N-dealkylation sites (tertiary alicyclic amines) is 1. The molecular weight excluding hydrogens is 414 g/mol. The number of hydrogen-bond acceptors (Lipinski definition) is 6. The maximum atomic E-state index is 13.0. The Morgan fingerprint density at radius 2 is 1.68 bits per heavy atom. The summed E-state index contributed by atoms with van der Waals surface area (Å²) in [4.78, 5) is 49.6. The second-order valence-corrected chi connectivity index (χ2v) is 9.94. The number of piperidine rings is 1. The lowest BCUT2D eigenvalue weighted by atomic mass is 9.89. The maximum Gasteiger partial charge on any atom is 0.332 e. The van der Waals surface area contributed by atoms with Crippen LogP contribution in [0.1, 0.15) is 63.6 Å². The smallest absolute Gasteiger partial charge is 0.332 e. The molecule has 1 aliphatic carbocycles. The van der Waals surface area contributed by atoms with E-state index in [9.17, 15) is 14.4 Å². The number of fused-ring (bicyclic) bond motifs is 1. The zero-order valence-corrected chi connectivity index (χ0v) is 19.4. The largest absolute Gasteiger partial charge is 0.342 e. The molecule has 4 rings (SSSR count). The van der Waals surface area contributed by atoms with Gasteiger partial charge in [0.2, 0.25) is 5.91 Å². The van der Waals surface area contributed by atoms with Gasteiger partial charge in [0, 0.05) is 33.1 Å². The van der Waals surface area contributed by atoms with Gasteiger partial charge in [-0.3, -0.25) is 18.7 Å². The molecule has 168 valence electrons. The van der Waals surface area contributed by atoms with Crippen molar-refractivity contribution in [2.45, 2.75) is 62.8 Å². The molecule has 0 aromatic carbocycles. The van der Waals surface area contributed by atoms with Crippen LogP contribution in [0.4, 0.5) is 0 Å². The van der Waals surface area contributed by atoms with Crippen molar-refractivity contribution in [2.24, 2.45) is 20.0 Å². The van der Waals surface area contributed by atoms with Gasteiger partial charge in [0.05, 0.1) is 5.75 Å². The lowest BCUT2D eigenvalue weighted by molar-refractivity contribution is -0.129. The Balaban J connectivity index is 1.70. The van der Waals surface area contributed by atoms with Gasteiger partial charge >= 0.3 is 5.69 Å². The summed E-state index contributed by atoms with van der Waals surface area (Å²) >= 11 is 1.30. The SMILES string of the molecule is CC1CCN(C(=O)CSc2nc(C3CCCCC3)nc3c2c(=O)n(C)c(=O)n3C)CC1. The molecule has 0 N–H and O–H groups in total. The van der Waals surface area contributed by atoms with E-state index in [2.05, 4.69) is 11.9 Å². The molecule has 0 spiro atoms. The monoisotopic (exact) mass is 445 g/mol. The quantitative estimate of drug-likeness (QED) is 0.530. The van der Waals surface area contributed by atoms with E-state index in [0.29, 0.717) is 27.8 Å². The molecule has 8 nitrogen and oxygen atoms in total. The van der Waals surface area contributed by atoms with Crippen molar-refractivity contribution in [1.82, 2.24) is 24.0 Å². The van der Waals surface area contributed by atoms with Crippen molar-refractivity contribution in [2.75, 3.05) is 18.8 Å². The molecule has 0 radical (unpaired) electrons. The fourth-order valence-corrected chi connectivity index (χ4v) is 5.50. The van der Waals surface area contributed by atoms with Crippen LogP contribution in [0.15, 0.2) is 14.6 Å². The number of carbonyl (C=O) groups excluding carboxylic acids is 1. The summed E-state index contributed by atoms with van der Waals surface area (Å²) in [5.41, 5.74) is -0.444. The van der Waals surface area contributed by atoms with Gasteiger partial charge < -0.3 is 4.90 Å². The molecule has 2 aromatic heterocycles. The van der Waals surface area contributed by atoms with Crippen molar-refractivity contribution in [1.29, 1.82) is 0 Å². The van der Waals surface area contributed by atoms with E-state index < -0.39 is 11.2 Å². The van der Waals surface area contributed by atoms with E-state index in [-0.39, 0.29) is 17.6 Å². The minimum atomic E-state index is -0.407. The molecule has 1 aliphatic heterocycles. The Kier molecular flexibility index (Phi) is 6.50. The highest BCUT2D eigenvalue weighted by Gasteiger charge is 2.25. The standard InChI is InChI=1S/C22H31N5O3S/c1-14-9-11-27(12-10-14)16(28)13-31-20-17-19(25(2)22(30)26(3)21(17)29)23-18(24-20)15-7-5-4-6-8-15/h14-15H,4-13H2,1-3H3. The second kappa shape index (κ2) is 9.14. The number of thioether (sulfide) groups is 1. The third-order valence-corrected chi connectivity index (χ3v) is 7.68. The second-order valence-electron chi connectivity index (χ2n) is 8.98. The van der Waals surface area contributed by atoms with Gasteiger partial charge in [-0.2, -0.15) is 0 Å². The van der Waals surface area contributed by atoms with E-state index in [1.54, 1.807) is 7.05 Å². The molecule has 0 bridgehead atoms. The van der Waals surface area contributed by atoms with Crippen LogP contribution >= 0.6 is 11.8 Å². The molecule has 3 heterocycles. The van der Waals surface area contributed by atoms with Crippen LogP contribution in [0.25, 0.3) is 11.0 Å². The summed E-state index contributed by atoms with van der Waals surface area (Å²) in [5, 5.41) is 0.842. The fraction of sp³-hybridized carbons (Fsp3) is 0.682. The number of amides is 1. The Labute approximate surface area is 186 Å². The summed E-state index contributed by atoms with van der Waals surface area (Å²) in [6.45, 7) is 3.79. The van der Waals surface area contributed by atoms with Crippen molar-refractivity contribution < 1.29 is 4.79 Å². The summed E-state index contributed by atoms with van der Waals surface area (Å²) in [6, 6.07) is 0. The first-order chi connectivity index (χ1) is 14.9. The molecule has 31 heavy (non-hydrogen) atoms. The first-order valence-electron chi connectivity index (χ1n) is 11.2. The van der Waals surface area contributed by atoms with Crippen LogP contribution in [0, 0.1) is 5.92 Å². The molecule has 1 amide bonds. The Morgan fingerprint density at radius 1 is 1.00 bits per heavy atom. The summed E-state index contributed by atoms with van der Waals surface area (Å²) in [5.74, 6) is 1.89. The summed E-state index contributed by atoms with van der Waals surface area (Å²) in [7, 11) is 3.10. The number of hydrogen-bond donors (Lipinski definition) is 0. The van der Waals surface area contributed by atoms with Gasteiger partial charge in [-0.1, -0.05) is 37.9 Å². The first kappa shape index (κ1) is 22.0. The minimum absolute atomic E-state index is 0.0736. The highest BCUT2D eigenvalue weighted by molar-refractivity contribution is 8.00. The third kappa shape index (κ3) is 4.42. The predicted molar refractivity (Wildman–Crippen MR) is 122 cm³/mol. The highest BCUT2D eigenvalue weighted by Crippen LogP contribution is 2.33. The Bertz CT molecular complexity index is 1090. The van der Waals surface area contributed by atoms with Gasteiger partial charge in [-0.25, -0.2) is 14.8 Å². The van der Waals surface area contributed by atoms with Crippen molar-refractivity contribution >= 4 is 28.7 Å². The van der Waals surface area contributed by atoms with Crippen LogP contribution in [-0.4, -0.2) is 48.8 Å². The van der Waals surface area contributed by atoms with Crippen LogP contribution in [0.3, 0.4) is 0 Å². The number of carbonyl (C=O) groups is 1. The zero-order chi connectivity index (χ0) is 22.1. The molecule has 1 saturated carbocycles. The van der Waals surface area contributed by atoms with Gasteiger partial charge in [0.1, 0.15) is 16.2 Å². The van der Waals surface area contributed by atoms with Gasteiger partial charge in [0.25, 0.3) is 5.56 Å². The lowest BCUT2D eigenvalue weighted by Gasteiger charge is -2.30. The van der Waals surface area contributed by atoms with Crippen molar-refractivity contribution in [3.8, 4) is 0 Å². The Hall–Kier alpha value is -2.16. The van der Waals surface area contributed by atoms with Crippen LogP contribution in [0.5, 0.6) is 0 Å². The predicted octanol–water partition coefficient (Wildman–Crippen LogP) is 2.43. The molecule has 0 unspecified atom stereocenters. The van der Waals surface area contributed by atoms with Crippen LogP contribution in [-0.2, 0) is 18.9 Å². The van der Waals surface area contributed by atoms with Crippen molar-refractivity contribution in [3.05, 3.63) is 26.7 Å². The van der Waals surface area contributed by atoms with E-state index >= 15 is 0 Å². The molecule has 2 aromatic rings. The van der Waals surface area contributed by atoms with Gasteiger partial charge in [-0.05, 0) is 31.6 Å². The van der Waals surface area contributed by atoms with E-state index in [4.69, 9.17) is 4.98 Å². The fourth-order valence-electron chi connectivity index (χ4n) is 4.57. The zero-order valence-electron chi connectivity index (χ0n) is 18.6. The highest BCUT2D eigenvalue weighted by atomic mass is 32.2. The van der Waals surface area contributed by atoms with Crippen molar-refractivity contribution in [3.63, 3.8) is 0 Å². The van der Waals surface area contributed by atoms with Gasteiger partial charge in [0.15, 0.2) is 5.65 Å². The molecule has 0 atom stereocenters. The topological polar surface area (TPSA) is 90.1 Å². The normalized spacial score (nSPS) is 18.6. The summed E-state index contributed by atoms with van der Waals surface area (Å²) < 4.78 is 2.51. The van der Waals surface area contributed by atoms with Crippen LogP contribution in [0.2, 0.25) is 0 Å².